The predicted molar refractivity (Wildman–Crippen MR) is 81.6 cm³/mol. The van der Waals surface area contributed by atoms with Crippen molar-refractivity contribution < 1.29 is 4.74 Å². The van der Waals surface area contributed by atoms with Gasteiger partial charge in [0, 0.05) is 13.1 Å². The van der Waals surface area contributed by atoms with Gasteiger partial charge in [0.15, 0.2) is 0 Å². The molecule has 0 saturated carbocycles. The van der Waals surface area contributed by atoms with Gasteiger partial charge >= 0.3 is 6.01 Å². The first kappa shape index (κ1) is 13.6. The van der Waals surface area contributed by atoms with E-state index < -0.39 is 0 Å². The lowest BCUT2D eigenvalue weighted by Crippen LogP contribution is -2.31. The summed E-state index contributed by atoms with van der Waals surface area (Å²) >= 11 is 0. The van der Waals surface area contributed by atoms with Crippen molar-refractivity contribution in [2.75, 3.05) is 23.7 Å². The summed E-state index contributed by atoms with van der Waals surface area (Å²) in [5.74, 6) is 1.48. The molecular weight excluding hydrogens is 266 g/mol. The van der Waals surface area contributed by atoms with E-state index in [2.05, 4.69) is 19.9 Å². The van der Waals surface area contributed by atoms with Crippen LogP contribution in [-0.2, 0) is 0 Å². The van der Waals surface area contributed by atoms with E-state index in [4.69, 9.17) is 10.5 Å². The van der Waals surface area contributed by atoms with Gasteiger partial charge in [-0.3, -0.25) is 0 Å². The van der Waals surface area contributed by atoms with Gasteiger partial charge in [-0.25, -0.2) is 0 Å². The third-order valence-corrected chi connectivity index (χ3v) is 3.49. The van der Waals surface area contributed by atoms with Gasteiger partial charge in [0.05, 0.1) is 0 Å². The number of hydrogen-bond donors (Lipinski definition) is 1. The van der Waals surface area contributed by atoms with E-state index in [0.29, 0.717) is 11.7 Å². The molecule has 2 N–H and O–H groups in total. The summed E-state index contributed by atoms with van der Waals surface area (Å²) in [6.45, 7) is 3.93. The molecule has 0 radical (unpaired) electrons. The average Bonchev–Trinajstić information content (AvgIpc) is 2.50. The van der Waals surface area contributed by atoms with Crippen LogP contribution in [0.15, 0.2) is 24.3 Å². The van der Waals surface area contributed by atoms with Crippen LogP contribution in [0.25, 0.3) is 0 Å². The van der Waals surface area contributed by atoms with Crippen LogP contribution in [0.4, 0.5) is 11.9 Å². The molecule has 0 bridgehead atoms. The third-order valence-electron chi connectivity index (χ3n) is 3.49. The molecule has 0 amide bonds. The highest BCUT2D eigenvalue weighted by Gasteiger charge is 2.16. The molecule has 0 atom stereocenters. The monoisotopic (exact) mass is 285 g/mol. The number of anilines is 2. The summed E-state index contributed by atoms with van der Waals surface area (Å²) in [6, 6.07) is 7.97. The number of benzene rings is 1. The lowest BCUT2D eigenvalue weighted by molar-refractivity contribution is 0.438. The van der Waals surface area contributed by atoms with Gasteiger partial charge in [0.25, 0.3) is 0 Å². The topological polar surface area (TPSA) is 77.2 Å². The quantitative estimate of drug-likeness (QED) is 0.933. The molecule has 1 fully saturated rings. The van der Waals surface area contributed by atoms with Crippen molar-refractivity contribution >= 4 is 11.9 Å². The summed E-state index contributed by atoms with van der Waals surface area (Å²) in [7, 11) is 0. The van der Waals surface area contributed by atoms with E-state index >= 15 is 0 Å². The summed E-state index contributed by atoms with van der Waals surface area (Å²) in [5.41, 5.74) is 6.95. The van der Waals surface area contributed by atoms with Crippen LogP contribution < -0.4 is 15.4 Å². The minimum Gasteiger partial charge on any atom is -0.424 e. The normalized spacial score (nSPS) is 15.0. The predicted octanol–water partition coefficient (Wildman–Crippen LogP) is 2.54. The van der Waals surface area contributed by atoms with Crippen molar-refractivity contribution in [2.24, 2.45) is 0 Å². The smallest absolute Gasteiger partial charge is 0.328 e. The van der Waals surface area contributed by atoms with Crippen LogP contribution in [0.1, 0.15) is 24.8 Å². The van der Waals surface area contributed by atoms with Crippen LogP contribution in [0.3, 0.4) is 0 Å². The Hall–Kier alpha value is -2.37. The van der Waals surface area contributed by atoms with Crippen molar-refractivity contribution in [1.29, 1.82) is 0 Å². The molecular formula is C15H19N5O. The van der Waals surface area contributed by atoms with Crippen molar-refractivity contribution in [3.05, 3.63) is 29.8 Å². The van der Waals surface area contributed by atoms with Crippen molar-refractivity contribution in [3.63, 3.8) is 0 Å². The minimum absolute atomic E-state index is 0.188. The molecule has 110 valence electrons. The molecule has 1 aromatic heterocycles. The second kappa shape index (κ2) is 5.95. The Kier molecular flexibility index (Phi) is 3.85. The van der Waals surface area contributed by atoms with E-state index in [9.17, 15) is 0 Å². The summed E-state index contributed by atoms with van der Waals surface area (Å²) in [4.78, 5) is 14.8. The first-order valence-corrected chi connectivity index (χ1v) is 7.22. The Morgan fingerprint density at radius 2 is 1.71 bits per heavy atom. The van der Waals surface area contributed by atoms with Crippen LogP contribution >= 0.6 is 0 Å². The Balaban J connectivity index is 1.81. The number of nitrogens with zero attached hydrogens (tertiary/aromatic N) is 4. The van der Waals surface area contributed by atoms with Gasteiger partial charge in [-0.2, -0.15) is 15.0 Å². The minimum atomic E-state index is 0.188. The first-order chi connectivity index (χ1) is 10.2. The average molecular weight is 285 g/mol. The molecule has 2 aromatic rings. The van der Waals surface area contributed by atoms with Crippen molar-refractivity contribution in [3.8, 4) is 11.8 Å². The summed E-state index contributed by atoms with van der Waals surface area (Å²) in [6.07, 6.45) is 3.56. The van der Waals surface area contributed by atoms with Crippen LogP contribution in [0.5, 0.6) is 11.8 Å². The number of hydrogen-bond acceptors (Lipinski definition) is 6. The van der Waals surface area contributed by atoms with Gasteiger partial charge in [0.1, 0.15) is 5.75 Å². The van der Waals surface area contributed by atoms with E-state index in [1.54, 1.807) is 0 Å². The first-order valence-electron chi connectivity index (χ1n) is 7.22. The van der Waals surface area contributed by atoms with Gasteiger partial charge in [0.2, 0.25) is 11.9 Å². The highest BCUT2D eigenvalue weighted by Crippen LogP contribution is 2.22. The Morgan fingerprint density at radius 3 is 2.43 bits per heavy atom. The number of ether oxygens (including phenoxy) is 1. The van der Waals surface area contributed by atoms with Crippen molar-refractivity contribution in [1.82, 2.24) is 15.0 Å². The van der Waals surface area contributed by atoms with E-state index in [0.717, 1.165) is 25.9 Å². The number of rotatable bonds is 3. The Labute approximate surface area is 124 Å². The molecule has 3 rings (SSSR count). The fourth-order valence-corrected chi connectivity index (χ4v) is 2.35. The molecule has 1 aromatic carbocycles. The van der Waals surface area contributed by atoms with Crippen LogP contribution in [-0.4, -0.2) is 28.0 Å². The Morgan fingerprint density at radius 1 is 1.00 bits per heavy atom. The molecule has 0 unspecified atom stereocenters. The number of piperidine rings is 1. The van der Waals surface area contributed by atoms with Crippen molar-refractivity contribution in [2.45, 2.75) is 26.2 Å². The molecule has 0 spiro atoms. The number of aromatic nitrogens is 3. The largest absolute Gasteiger partial charge is 0.424 e. The van der Waals surface area contributed by atoms with Gasteiger partial charge in [-0.15, -0.1) is 0 Å². The maximum absolute atomic E-state index is 5.77. The molecule has 1 saturated heterocycles. The zero-order valence-corrected chi connectivity index (χ0v) is 12.1. The Bertz CT molecular complexity index is 608. The summed E-state index contributed by atoms with van der Waals surface area (Å²) in [5, 5.41) is 0. The fraction of sp³-hybridized carbons (Fsp3) is 0.400. The highest BCUT2D eigenvalue weighted by molar-refractivity contribution is 5.37. The fourth-order valence-electron chi connectivity index (χ4n) is 2.35. The van der Waals surface area contributed by atoms with E-state index in [1.165, 1.54) is 12.0 Å². The van der Waals surface area contributed by atoms with Gasteiger partial charge in [-0.1, -0.05) is 17.7 Å². The molecule has 0 aliphatic carbocycles. The molecule has 1 aliphatic rings. The lowest BCUT2D eigenvalue weighted by atomic mass is 10.1. The highest BCUT2D eigenvalue weighted by atomic mass is 16.5. The number of nitrogens with two attached hydrogens (primary N) is 1. The SMILES string of the molecule is Cc1ccc(Oc2nc(N)nc(N3CCCCC3)n2)cc1. The standard InChI is InChI=1S/C15H19N5O/c1-11-5-7-12(8-6-11)21-15-18-13(16)17-14(19-15)20-9-3-2-4-10-20/h5-8H,2-4,9-10H2,1H3,(H2,16,17,18,19). The number of aryl methyl sites for hydroxylation is 1. The van der Waals surface area contributed by atoms with Gasteiger partial charge < -0.3 is 15.4 Å². The van der Waals surface area contributed by atoms with Gasteiger partial charge in [-0.05, 0) is 38.3 Å². The zero-order valence-electron chi connectivity index (χ0n) is 12.1. The van der Waals surface area contributed by atoms with E-state index in [1.807, 2.05) is 31.2 Å². The molecule has 1 aliphatic heterocycles. The molecule has 2 heterocycles. The zero-order chi connectivity index (χ0) is 14.7. The lowest BCUT2D eigenvalue weighted by Gasteiger charge is -2.26. The number of nitrogen functional groups attached to an aromatic ring is 1. The van der Waals surface area contributed by atoms with Crippen LogP contribution in [0.2, 0.25) is 0 Å². The van der Waals surface area contributed by atoms with E-state index in [-0.39, 0.29) is 12.0 Å². The maximum atomic E-state index is 5.77. The molecule has 6 heteroatoms. The maximum Gasteiger partial charge on any atom is 0.328 e. The molecule has 6 nitrogen and oxygen atoms in total. The van der Waals surface area contributed by atoms with Crippen LogP contribution in [0, 0.1) is 6.92 Å². The summed E-state index contributed by atoms with van der Waals surface area (Å²) < 4.78 is 5.68. The molecule has 21 heavy (non-hydrogen) atoms. The third kappa shape index (κ3) is 3.39. The second-order valence-corrected chi connectivity index (χ2v) is 5.24. The second-order valence-electron chi connectivity index (χ2n) is 5.24.